The molecule has 1 N–H and O–H groups in total. The van der Waals surface area contributed by atoms with Gasteiger partial charge >= 0.3 is 6.03 Å². The van der Waals surface area contributed by atoms with Crippen molar-refractivity contribution in [2.75, 3.05) is 56.0 Å². The van der Waals surface area contributed by atoms with E-state index in [4.69, 9.17) is 0 Å². The summed E-state index contributed by atoms with van der Waals surface area (Å²) in [5, 5.41) is 7.46. The van der Waals surface area contributed by atoms with Gasteiger partial charge in [-0.15, -0.1) is 5.10 Å². The highest BCUT2D eigenvalue weighted by atomic mass is 16.2. The number of rotatable bonds is 5. The molecule has 4 aliphatic heterocycles. The van der Waals surface area contributed by atoms with Crippen LogP contribution in [0.4, 0.5) is 16.3 Å². The van der Waals surface area contributed by atoms with Gasteiger partial charge in [-0.3, -0.25) is 9.69 Å². The minimum atomic E-state index is -0.0562. The van der Waals surface area contributed by atoms with Gasteiger partial charge in [0.25, 0.3) is 0 Å². The number of allylic oxidation sites excluding steroid dienone is 1. The SMILES string of the molecule is C=C(C)Nc1ccn(C(=O)N2CCC3(CCCN3Cc3cc(C)cc(N4CC5CN(C(C)=O)CC5C4)c3)CC2)n1. The lowest BCUT2D eigenvalue weighted by Gasteiger charge is -2.45. The number of benzene rings is 1. The molecule has 4 fully saturated rings. The lowest BCUT2D eigenvalue weighted by Crippen LogP contribution is -2.53. The first kappa shape index (κ1) is 26.9. The summed E-state index contributed by atoms with van der Waals surface area (Å²) in [4.78, 5) is 34.2. The molecule has 6 rings (SSSR count). The van der Waals surface area contributed by atoms with Crippen LogP contribution in [0.3, 0.4) is 0 Å². The fraction of sp³-hybridized carbons (Fsp3) is 0.581. The third-order valence-electron chi connectivity index (χ3n) is 9.62. The molecule has 5 heterocycles. The Labute approximate surface area is 237 Å². The Bertz CT molecular complexity index is 1280. The van der Waals surface area contributed by atoms with E-state index in [-0.39, 0.29) is 17.5 Å². The highest BCUT2D eigenvalue weighted by Crippen LogP contribution is 2.40. The van der Waals surface area contributed by atoms with Crippen LogP contribution in [0.25, 0.3) is 0 Å². The molecule has 0 saturated carbocycles. The van der Waals surface area contributed by atoms with Crippen molar-refractivity contribution in [1.29, 1.82) is 0 Å². The molecule has 1 spiro atoms. The van der Waals surface area contributed by atoms with E-state index in [1.807, 2.05) is 22.8 Å². The fourth-order valence-corrected chi connectivity index (χ4v) is 7.58. The van der Waals surface area contributed by atoms with Crippen molar-refractivity contribution in [2.45, 2.75) is 58.5 Å². The number of amides is 2. The average Bonchev–Trinajstić information content (AvgIpc) is 3.68. The van der Waals surface area contributed by atoms with Gasteiger partial charge in [0, 0.05) is 93.8 Å². The van der Waals surface area contributed by atoms with E-state index in [1.54, 1.807) is 13.1 Å². The molecular weight excluding hydrogens is 502 g/mol. The minimum absolute atomic E-state index is 0.0562. The van der Waals surface area contributed by atoms with E-state index in [0.29, 0.717) is 17.7 Å². The summed E-state index contributed by atoms with van der Waals surface area (Å²) >= 11 is 0. The largest absolute Gasteiger partial charge is 0.371 e. The zero-order valence-electron chi connectivity index (χ0n) is 24.2. The van der Waals surface area contributed by atoms with Gasteiger partial charge in [-0.05, 0) is 69.3 Å². The molecule has 2 atom stereocenters. The topological polar surface area (TPSA) is 77.0 Å². The van der Waals surface area contributed by atoms with Gasteiger partial charge in [-0.25, -0.2) is 4.79 Å². The summed E-state index contributed by atoms with van der Waals surface area (Å²) in [6.07, 6.45) is 6.13. The van der Waals surface area contributed by atoms with Crippen LogP contribution >= 0.6 is 0 Å². The molecule has 1 aromatic carbocycles. The van der Waals surface area contributed by atoms with Gasteiger partial charge in [-0.1, -0.05) is 12.6 Å². The number of nitrogens with zero attached hydrogens (tertiary/aromatic N) is 6. The molecule has 2 aromatic rings. The van der Waals surface area contributed by atoms with Crippen LogP contribution in [0.15, 0.2) is 42.7 Å². The van der Waals surface area contributed by atoms with Crippen molar-refractivity contribution in [3.05, 3.63) is 53.9 Å². The number of hydrogen-bond acceptors (Lipinski definition) is 6. The van der Waals surface area contributed by atoms with E-state index in [2.05, 4.69) is 51.9 Å². The Kier molecular flexibility index (Phi) is 7.10. The zero-order chi connectivity index (χ0) is 28.0. The molecule has 9 heteroatoms. The van der Waals surface area contributed by atoms with Crippen LogP contribution in [0.2, 0.25) is 0 Å². The van der Waals surface area contributed by atoms with Crippen molar-refractivity contribution in [3.63, 3.8) is 0 Å². The van der Waals surface area contributed by atoms with Crippen molar-refractivity contribution in [1.82, 2.24) is 24.5 Å². The van der Waals surface area contributed by atoms with E-state index < -0.39 is 0 Å². The number of nitrogens with one attached hydrogen (secondary N) is 1. The van der Waals surface area contributed by atoms with E-state index in [9.17, 15) is 9.59 Å². The Morgan fingerprint density at radius 1 is 1.00 bits per heavy atom. The van der Waals surface area contributed by atoms with Gasteiger partial charge in [0.15, 0.2) is 5.82 Å². The van der Waals surface area contributed by atoms with E-state index >= 15 is 0 Å². The predicted octanol–water partition coefficient (Wildman–Crippen LogP) is 4.15. The van der Waals surface area contributed by atoms with Crippen molar-refractivity contribution in [3.8, 4) is 0 Å². The summed E-state index contributed by atoms with van der Waals surface area (Å²) in [7, 11) is 0. The van der Waals surface area contributed by atoms with Gasteiger partial charge in [-0.2, -0.15) is 4.68 Å². The summed E-state index contributed by atoms with van der Waals surface area (Å²) in [5.74, 6) is 2.01. The second kappa shape index (κ2) is 10.6. The van der Waals surface area contributed by atoms with Crippen molar-refractivity contribution < 1.29 is 9.59 Å². The molecular formula is C31H43N7O2. The number of hydrogen-bond donors (Lipinski definition) is 1. The number of likely N-dealkylation sites (tertiary alicyclic amines) is 3. The van der Waals surface area contributed by atoms with Crippen molar-refractivity contribution in [2.24, 2.45) is 11.8 Å². The number of anilines is 2. The molecule has 9 nitrogen and oxygen atoms in total. The van der Waals surface area contributed by atoms with Gasteiger partial charge < -0.3 is 20.0 Å². The number of piperidine rings is 1. The first-order valence-corrected chi connectivity index (χ1v) is 14.8. The lowest BCUT2D eigenvalue weighted by molar-refractivity contribution is -0.128. The quantitative estimate of drug-likeness (QED) is 0.609. The van der Waals surface area contributed by atoms with Crippen LogP contribution in [0.5, 0.6) is 0 Å². The fourth-order valence-electron chi connectivity index (χ4n) is 7.58. The number of fused-ring (bicyclic) bond motifs is 1. The Morgan fingerprint density at radius 3 is 2.40 bits per heavy atom. The maximum atomic E-state index is 13.1. The molecule has 4 saturated heterocycles. The van der Waals surface area contributed by atoms with Crippen molar-refractivity contribution >= 4 is 23.4 Å². The average molecular weight is 546 g/mol. The monoisotopic (exact) mass is 545 g/mol. The van der Waals surface area contributed by atoms with E-state index in [0.717, 1.165) is 70.9 Å². The van der Waals surface area contributed by atoms with Crippen LogP contribution in [-0.4, -0.2) is 87.8 Å². The summed E-state index contributed by atoms with van der Waals surface area (Å²) in [5.41, 5.74) is 4.98. The maximum absolute atomic E-state index is 13.1. The number of aromatic nitrogens is 2. The third-order valence-corrected chi connectivity index (χ3v) is 9.62. The molecule has 214 valence electrons. The highest BCUT2D eigenvalue weighted by Gasteiger charge is 2.44. The van der Waals surface area contributed by atoms with Gasteiger partial charge in [0.2, 0.25) is 5.91 Å². The second-order valence-electron chi connectivity index (χ2n) is 12.6. The second-order valence-corrected chi connectivity index (χ2v) is 12.6. The molecule has 40 heavy (non-hydrogen) atoms. The van der Waals surface area contributed by atoms with Gasteiger partial charge in [0.1, 0.15) is 0 Å². The number of carbonyl (C=O) groups excluding carboxylic acids is 2. The molecule has 2 amide bonds. The summed E-state index contributed by atoms with van der Waals surface area (Å²) in [6, 6.07) is 8.82. The first-order chi connectivity index (χ1) is 19.2. The van der Waals surface area contributed by atoms with Crippen LogP contribution in [0, 0.1) is 18.8 Å². The van der Waals surface area contributed by atoms with Gasteiger partial charge in [0.05, 0.1) is 0 Å². The maximum Gasteiger partial charge on any atom is 0.344 e. The molecule has 4 aliphatic rings. The van der Waals surface area contributed by atoms with Crippen LogP contribution in [0.1, 0.15) is 50.7 Å². The molecule has 2 unspecified atom stereocenters. The Hall–Kier alpha value is -3.33. The zero-order valence-corrected chi connectivity index (χ0v) is 24.2. The lowest BCUT2D eigenvalue weighted by atomic mass is 9.84. The number of carbonyl (C=O) groups is 2. The summed E-state index contributed by atoms with van der Waals surface area (Å²) < 4.78 is 1.44. The molecule has 0 radical (unpaired) electrons. The van der Waals surface area contributed by atoms with E-state index in [1.165, 1.54) is 34.3 Å². The summed E-state index contributed by atoms with van der Waals surface area (Å²) in [6.45, 7) is 17.1. The highest BCUT2D eigenvalue weighted by molar-refractivity contribution is 5.76. The number of aryl methyl sites for hydroxylation is 1. The molecule has 1 aromatic heterocycles. The first-order valence-electron chi connectivity index (χ1n) is 14.8. The Balaban J connectivity index is 1.09. The molecule has 0 aliphatic carbocycles. The molecule has 0 bridgehead atoms. The smallest absolute Gasteiger partial charge is 0.344 e. The third kappa shape index (κ3) is 5.23. The van der Waals surface area contributed by atoms with Crippen LogP contribution < -0.4 is 10.2 Å². The minimum Gasteiger partial charge on any atom is -0.371 e. The normalized spacial score (nSPS) is 24.1. The Morgan fingerprint density at radius 2 is 1.73 bits per heavy atom. The van der Waals surface area contributed by atoms with Crippen LogP contribution in [-0.2, 0) is 11.3 Å². The predicted molar refractivity (Wildman–Crippen MR) is 157 cm³/mol. The standard InChI is InChI=1S/C31H43N7O2/c1-22(2)32-29-6-11-38(33-29)30(40)34-12-8-31(9-13-34)7-5-10-37(31)17-25-14-23(3)15-28(16-25)36-20-26-18-35(24(4)39)19-27(26)21-36/h6,11,14-16,26-27H,1,5,7-10,12-13,17-21H2,2-4H3,(H,32,33).